The van der Waals surface area contributed by atoms with E-state index in [4.69, 9.17) is 5.73 Å². The van der Waals surface area contributed by atoms with E-state index in [1.54, 1.807) is 12.1 Å². The molecule has 0 aliphatic heterocycles. The van der Waals surface area contributed by atoms with Crippen molar-refractivity contribution in [2.24, 2.45) is 10.7 Å². The molecule has 0 fully saturated rings. The standard InChI is InChI=1S/C21H25N5O.HI/c1-2-23-21(26-13-15-6-5-7-16(12-15)20(22)27)24-11-10-17-14-25-19-9-4-3-8-18(17)19;/h3-9,12,14,25H,2,10-11,13H2,1H3,(H2,22,27)(H2,23,24,26);1H. The van der Waals surface area contributed by atoms with Crippen LogP contribution >= 0.6 is 24.0 Å². The molecule has 1 aromatic heterocycles. The molecule has 0 unspecified atom stereocenters. The number of hydrogen-bond donors (Lipinski definition) is 4. The molecule has 0 saturated carbocycles. The third kappa shape index (κ3) is 5.72. The number of hydrogen-bond acceptors (Lipinski definition) is 2. The molecule has 7 heteroatoms. The van der Waals surface area contributed by atoms with Gasteiger partial charge in [0, 0.05) is 35.8 Å². The Kier molecular flexibility index (Phi) is 8.31. The summed E-state index contributed by atoms with van der Waals surface area (Å²) in [5.74, 6) is 0.325. The number of aliphatic imine (C=N–C) groups is 1. The number of primary amides is 1. The first-order valence-electron chi connectivity index (χ1n) is 9.13. The minimum Gasteiger partial charge on any atom is -0.366 e. The minimum atomic E-state index is -0.426. The number of carbonyl (C=O) groups is 1. The molecule has 2 aromatic carbocycles. The molecule has 0 bridgehead atoms. The second-order valence-corrected chi connectivity index (χ2v) is 6.30. The molecule has 0 aliphatic carbocycles. The van der Waals surface area contributed by atoms with Crippen LogP contribution in [0.4, 0.5) is 0 Å². The average molecular weight is 491 g/mol. The van der Waals surface area contributed by atoms with Gasteiger partial charge in [-0.2, -0.15) is 0 Å². The molecular weight excluding hydrogens is 465 g/mol. The number of fused-ring (bicyclic) bond motifs is 1. The average Bonchev–Trinajstić information content (AvgIpc) is 3.09. The van der Waals surface area contributed by atoms with Crippen molar-refractivity contribution in [1.29, 1.82) is 0 Å². The number of halogens is 1. The first-order valence-corrected chi connectivity index (χ1v) is 9.13. The highest BCUT2D eigenvalue weighted by atomic mass is 127. The van der Waals surface area contributed by atoms with Gasteiger partial charge < -0.3 is 21.4 Å². The molecular formula is C21H26IN5O. The fraction of sp³-hybridized carbons (Fsp3) is 0.238. The number of H-pyrrole nitrogens is 1. The summed E-state index contributed by atoms with van der Waals surface area (Å²) in [5, 5.41) is 7.87. The summed E-state index contributed by atoms with van der Waals surface area (Å²) in [6, 6.07) is 15.5. The summed E-state index contributed by atoms with van der Waals surface area (Å²) in [6.07, 6.45) is 2.96. The highest BCUT2D eigenvalue weighted by Gasteiger charge is 2.04. The lowest BCUT2D eigenvalue weighted by Gasteiger charge is -2.11. The van der Waals surface area contributed by atoms with Crippen molar-refractivity contribution < 1.29 is 4.79 Å². The quantitative estimate of drug-likeness (QED) is 0.232. The third-order valence-electron chi connectivity index (χ3n) is 4.34. The zero-order chi connectivity index (χ0) is 19.1. The van der Waals surface area contributed by atoms with E-state index in [0.717, 1.165) is 36.6 Å². The van der Waals surface area contributed by atoms with Gasteiger partial charge in [0.15, 0.2) is 5.96 Å². The molecule has 1 amide bonds. The fourth-order valence-electron chi connectivity index (χ4n) is 2.99. The van der Waals surface area contributed by atoms with E-state index in [2.05, 4.69) is 45.0 Å². The fourth-order valence-corrected chi connectivity index (χ4v) is 2.99. The third-order valence-corrected chi connectivity index (χ3v) is 4.34. The highest BCUT2D eigenvalue weighted by molar-refractivity contribution is 14.0. The topological polar surface area (TPSA) is 95.3 Å². The number of carbonyl (C=O) groups excluding carboxylic acids is 1. The molecule has 1 heterocycles. The Hall–Kier alpha value is -2.55. The molecule has 3 aromatic rings. The van der Waals surface area contributed by atoms with Crippen LogP contribution in [0.15, 0.2) is 59.7 Å². The van der Waals surface area contributed by atoms with E-state index in [9.17, 15) is 4.79 Å². The predicted molar refractivity (Wildman–Crippen MR) is 125 cm³/mol. The van der Waals surface area contributed by atoms with E-state index in [1.165, 1.54) is 10.9 Å². The number of rotatable bonds is 7. The van der Waals surface area contributed by atoms with Crippen LogP contribution in [0.3, 0.4) is 0 Å². The normalized spacial score (nSPS) is 11.1. The Labute approximate surface area is 182 Å². The molecule has 0 spiro atoms. The molecule has 28 heavy (non-hydrogen) atoms. The molecule has 0 saturated heterocycles. The highest BCUT2D eigenvalue weighted by Crippen LogP contribution is 2.17. The Balaban J connectivity index is 0.00000280. The molecule has 148 valence electrons. The Bertz CT molecular complexity index is 951. The molecule has 5 N–H and O–H groups in total. The van der Waals surface area contributed by atoms with Crippen molar-refractivity contribution in [3.63, 3.8) is 0 Å². The maximum absolute atomic E-state index is 11.3. The van der Waals surface area contributed by atoms with Crippen LogP contribution < -0.4 is 16.4 Å². The van der Waals surface area contributed by atoms with Crippen molar-refractivity contribution in [1.82, 2.24) is 15.6 Å². The van der Waals surface area contributed by atoms with Gasteiger partial charge in [0.25, 0.3) is 0 Å². The van der Waals surface area contributed by atoms with Crippen molar-refractivity contribution >= 4 is 46.7 Å². The second-order valence-electron chi connectivity index (χ2n) is 6.30. The number of nitrogens with zero attached hydrogens (tertiary/aromatic N) is 1. The van der Waals surface area contributed by atoms with Crippen molar-refractivity contribution in [2.75, 3.05) is 13.1 Å². The van der Waals surface area contributed by atoms with Gasteiger partial charge in [0.05, 0.1) is 6.54 Å². The minimum absolute atomic E-state index is 0. The van der Waals surface area contributed by atoms with Crippen LogP contribution in [0.1, 0.15) is 28.4 Å². The number of benzene rings is 2. The lowest BCUT2D eigenvalue weighted by molar-refractivity contribution is 0.1000. The zero-order valence-corrected chi connectivity index (χ0v) is 18.2. The second kappa shape index (κ2) is 10.7. The molecule has 0 radical (unpaired) electrons. The van der Waals surface area contributed by atoms with Gasteiger partial charge in [-0.1, -0.05) is 30.3 Å². The lowest BCUT2D eigenvalue weighted by atomic mass is 10.1. The van der Waals surface area contributed by atoms with Crippen LogP contribution in [0.25, 0.3) is 10.9 Å². The number of para-hydroxylation sites is 1. The number of guanidine groups is 1. The molecule has 3 rings (SSSR count). The lowest BCUT2D eigenvalue weighted by Crippen LogP contribution is -2.38. The Morgan fingerprint density at radius 2 is 1.96 bits per heavy atom. The largest absolute Gasteiger partial charge is 0.366 e. The number of amides is 1. The van der Waals surface area contributed by atoms with E-state index in [-0.39, 0.29) is 24.0 Å². The summed E-state index contributed by atoms with van der Waals surface area (Å²) >= 11 is 0. The van der Waals surface area contributed by atoms with Crippen LogP contribution in [0.2, 0.25) is 0 Å². The van der Waals surface area contributed by atoms with Crippen LogP contribution in [0.5, 0.6) is 0 Å². The van der Waals surface area contributed by atoms with Crippen LogP contribution in [-0.4, -0.2) is 29.9 Å². The van der Waals surface area contributed by atoms with Gasteiger partial charge >= 0.3 is 0 Å². The monoisotopic (exact) mass is 491 g/mol. The number of aromatic nitrogens is 1. The summed E-state index contributed by atoms with van der Waals surface area (Å²) < 4.78 is 0. The van der Waals surface area contributed by atoms with Gasteiger partial charge in [0.2, 0.25) is 5.91 Å². The van der Waals surface area contributed by atoms with Crippen molar-refractivity contribution in [3.8, 4) is 0 Å². The molecule has 0 aliphatic rings. The maximum atomic E-state index is 11.3. The zero-order valence-electron chi connectivity index (χ0n) is 15.9. The van der Waals surface area contributed by atoms with Crippen molar-refractivity contribution in [2.45, 2.75) is 19.9 Å². The van der Waals surface area contributed by atoms with Gasteiger partial charge in [0.1, 0.15) is 0 Å². The summed E-state index contributed by atoms with van der Waals surface area (Å²) in [4.78, 5) is 19.2. The molecule has 6 nitrogen and oxygen atoms in total. The number of aromatic amines is 1. The van der Waals surface area contributed by atoms with E-state index >= 15 is 0 Å². The summed E-state index contributed by atoms with van der Waals surface area (Å²) in [6.45, 7) is 4.06. The summed E-state index contributed by atoms with van der Waals surface area (Å²) in [7, 11) is 0. The SMILES string of the molecule is CCNC(=NCc1cccc(C(N)=O)c1)NCCc1c[nH]c2ccccc12.I. The van der Waals surface area contributed by atoms with Crippen molar-refractivity contribution in [3.05, 3.63) is 71.4 Å². The van der Waals surface area contributed by atoms with Gasteiger partial charge in [-0.15, -0.1) is 24.0 Å². The van der Waals surface area contributed by atoms with Gasteiger partial charge in [-0.25, -0.2) is 4.99 Å². The van der Waals surface area contributed by atoms with E-state index in [1.807, 2.05) is 25.1 Å². The first kappa shape index (κ1) is 21.7. The van der Waals surface area contributed by atoms with E-state index < -0.39 is 5.91 Å². The number of nitrogens with two attached hydrogens (primary N) is 1. The van der Waals surface area contributed by atoms with E-state index in [0.29, 0.717) is 12.1 Å². The van der Waals surface area contributed by atoms with Crippen LogP contribution in [0, 0.1) is 0 Å². The van der Waals surface area contributed by atoms with Gasteiger partial charge in [-0.05, 0) is 42.7 Å². The number of nitrogens with one attached hydrogen (secondary N) is 3. The maximum Gasteiger partial charge on any atom is 0.248 e. The Morgan fingerprint density at radius 1 is 1.14 bits per heavy atom. The Morgan fingerprint density at radius 3 is 2.75 bits per heavy atom. The smallest absolute Gasteiger partial charge is 0.248 e. The van der Waals surface area contributed by atoms with Crippen LogP contribution in [-0.2, 0) is 13.0 Å². The molecule has 0 atom stereocenters. The summed E-state index contributed by atoms with van der Waals surface area (Å²) in [5.41, 5.74) is 9.22. The predicted octanol–water partition coefficient (Wildman–Crippen LogP) is 3.18. The van der Waals surface area contributed by atoms with Gasteiger partial charge in [-0.3, -0.25) is 4.79 Å². The first-order chi connectivity index (χ1) is 13.2.